The Morgan fingerprint density at radius 3 is 2.42 bits per heavy atom. The highest BCUT2D eigenvalue weighted by molar-refractivity contribution is 9.10. The number of carbonyl (C=O) groups excluding carboxylic acids is 1. The zero-order chi connectivity index (χ0) is 14.5. The second-order valence-corrected chi connectivity index (χ2v) is 6.55. The third-order valence-corrected chi connectivity index (χ3v) is 3.51. The van der Waals surface area contributed by atoms with Crippen LogP contribution in [0, 0.1) is 5.92 Å². The van der Waals surface area contributed by atoms with E-state index < -0.39 is 0 Å². The minimum Gasteiger partial charge on any atom is -0.351 e. The number of rotatable bonds is 6. The second kappa shape index (κ2) is 7.06. The lowest BCUT2D eigenvalue weighted by atomic mass is 9.94. The molecule has 0 aliphatic carbocycles. The topological polar surface area (TPSA) is 41.1 Å². The van der Waals surface area contributed by atoms with Gasteiger partial charge in [0.15, 0.2) is 0 Å². The molecule has 0 saturated heterocycles. The predicted molar refractivity (Wildman–Crippen MR) is 83.2 cm³/mol. The van der Waals surface area contributed by atoms with Crippen LogP contribution in [0.5, 0.6) is 0 Å². The van der Waals surface area contributed by atoms with Crippen molar-refractivity contribution >= 4 is 21.8 Å². The van der Waals surface area contributed by atoms with Crippen molar-refractivity contribution in [3.63, 3.8) is 0 Å². The first-order chi connectivity index (χ1) is 8.84. The van der Waals surface area contributed by atoms with Gasteiger partial charge in [-0.3, -0.25) is 4.79 Å². The maximum Gasteiger partial charge on any atom is 0.224 e. The van der Waals surface area contributed by atoms with Gasteiger partial charge in [-0.1, -0.05) is 35.0 Å². The van der Waals surface area contributed by atoms with Gasteiger partial charge in [0.25, 0.3) is 0 Å². The van der Waals surface area contributed by atoms with Gasteiger partial charge in [0.1, 0.15) is 0 Å². The first-order valence-corrected chi connectivity index (χ1v) is 7.34. The number of benzene rings is 1. The third kappa shape index (κ3) is 5.74. The van der Waals surface area contributed by atoms with Crippen LogP contribution in [0.2, 0.25) is 0 Å². The van der Waals surface area contributed by atoms with Crippen molar-refractivity contribution in [2.45, 2.75) is 32.7 Å². The zero-order valence-electron chi connectivity index (χ0n) is 12.1. The zero-order valence-corrected chi connectivity index (χ0v) is 13.7. The van der Waals surface area contributed by atoms with Gasteiger partial charge in [0.05, 0.1) is 0 Å². The van der Waals surface area contributed by atoms with E-state index in [1.165, 1.54) is 5.56 Å². The summed E-state index contributed by atoms with van der Waals surface area (Å²) >= 11 is 3.43. The van der Waals surface area contributed by atoms with Gasteiger partial charge in [-0.25, -0.2) is 0 Å². The van der Waals surface area contributed by atoms with E-state index in [0.29, 0.717) is 6.54 Å². The summed E-state index contributed by atoms with van der Waals surface area (Å²) in [5.74, 6) is 0.0747. The largest absolute Gasteiger partial charge is 0.351 e. The van der Waals surface area contributed by atoms with Crippen LogP contribution in [0.25, 0.3) is 0 Å². The van der Waals surface area contributed by atoms with Gasteiger partial charge < -0.3 is 10.6 Å². The summed E-state index contributed by atoms with van der Waals surface area (Å²) < 4.78 is 1.07. The highest BCUT2D eigenvalue weighted by Crippen LogP contribution is 2.16. The lowest BCUT2D eigenvalue weighted by molar-refractivity contribution is -0.125. The van der Waals surface area contributed by atoms with Crippen molar-refractivity contribution in [3.8, 4) is 0 Å². The Balaban J connectivity index is 2.60. The van der Waals surface area contributed by atoms with Crippen molar-refractivity contribution in [1.29, 1.82) is 0 Å². The van der Waals surface area contributed by atoms with Crippen LogP contribution in [-0.2, 0) is 11.2 Å². The molecule has 3 nitrogen and oxygen atoms in total. The molecule has 1 amide bonds. The van der Waals surface area contributed by atoms with E-state index in [4.69, 9.17) is 0 Å². The quantitative estimate of drug-likeness (QED) is 0.844. The first-order valence-electron chi connectivity index (χ1n) is 6.55. The Kier molecular flexibility index (Phi) is 6.01. The minimum absolute atomic E-state index is 0.0193. The molecule has 0 fully saturated rings. The van der Waals surface area contributed by atoms with Crippen LogP contribution in [0.1, 0.15) is 26.3 Å². The second-order valence-electron chi connectivity index (χ2n) is 5.64. The molecule has 1 rings (SSSR count). The van der Waals surface area contributed by atoms with Crippen LogP contribution in [0.4, 0.5) is 0 Å². The predicted octanol–water partition coefficient (Wildman–Crippen LogP) is 2.74. The summed E-state index contributed by atoms with van der Waals surface area (Å²) in [5, 5.41) is 6.14. The van der Waals surface area contributed by atoms with Crippen molar-refractivity contribution in [1.82, 2.24) is 10.6 Å². The van der Waals surface area contributed by atoms with E-state index in [-0.39, 0.29) is 17.4 Å². The maximum absolute atomic E-state index is 12.0. The van der Waals surface area contributed by atoms with Crippen molar-refractivity contribution < 1.29 is 4.79 Å². The average molecular weight is 327 g/mol. The van der Waals surface area contributed by atoms with E-state index in [1.54, 1.807) is 0 Å². The maximum atomic E-state index is 12.0. The number of amides is 1. The molecule has 0 saturated carbocycles. The number of hydrogen-bond acceptors (Lipinski definition) is 2. The van der Waals surface area contributed by atoms with Crippen LogP contribution in [-0.4, -0.2) is 25.0 Å². The van der Waals surface area contributed by atoms with Gasteiger partial charge in [0.2, 0.25) is 5.91 Å². The molecule has 0 spiro atoms. The van der Waals surface area contributed by atoms with Gasteiger partial charge in [0, 0.05) is 22.5 Å². The number of nitrogens with one attached hydrogen (secondary N) is 2. The summed E-state index contributed by atoms with van der Waals surface area (Å²) in [6, 6.07) is 8.21. The van der Waals surface area contributed by atoms with E-state index >= 15 is 0 Å². The van der Waals surface area contributed by atoms with Crippen LogP contribution >= 0.6 is 15.9 Å². The monoisotopic (exact) mass is 326 g/mol. The van der Waals surface area contributed by atoms with Gasteiger partial charge >= 0.3 is 0 Å². The highest BCUT2D eigenvalue weighted by atomic mass is 79.9. The van der Waals surface area contributed by atoms with Crippen LogP contribution in [0.3, 0.4) is 0 Å². The van der Waals surface area contributed by atoms with Gasteiger partial charge in [-0.15, -0.1) is 0 Å². The Hall–Kier alpha value is -0.870. The molecule has 0 heterocycles. The fraction of sp³-hybridized carbons (Fsp3) is 0.533. The molecule has 1 unspecified atom stereocenters. The molecule has 0 radical (unpaired) electrons. The standard InChI is InChI=1S/C15H23BrN2O/c1-11(10-17-4)14(19)18-15(2,3)9-12-5-7-13(16)8-6-12/h5-8,11,17H,9-10H2,1-4H3,(H,18,19). The molecule has 0 bridgehead atoms. The SMILES string of the molecule is CNCC(C)C(=O)NC(C)(C)Cc1ccc(Br)cc1. The van der Waals surface area contributed by atoms with Crippen molar-refractivity contribution in [2.24, 2.45) is 5.92 Å². The first kappa shape index (κ1) is 16.2. The molecule has 4 heteroatoms. The Morgan fingerprint density at radius 1 is 1.32 bits per heavy atom. The van der Waals surface area contributed by atoms with E-state index in [0.717, 1.165) is 10.9 Å². The minimum atomic E-state index is -0.243. The molecule has 0 aliphatic rings. The average Bonchev–Trinajstić information content (AvgIpc) is 2.31. The Labute approximate surface area is 124 Å². The van der Waals surface area contributed by atoms with Crippen LogP contribution < -0.4 is 10.6 Å². The molecule has 1 aromatic rings. The molecule has 0 aromatic heterocycles. The summed E-state index contributed by atoms with van der Waals surface area (Å²) in [4.78, 5) is 12.0. The molecule has 1 atom stereocenters. The van der Waals surface area contributed by atoms with E-state index in [9.17, 15) is 4.79 Å². The molecule has 1 aromatic carbocycles. The summed E-state index contributed by atoms with van der Waals surface area (Å²) in [7, 11) is 1.86. The lowest BCUT2D eigenvalue weighted by Gasteiger charge is -2.28. The number of hydrogen-bond donors (Lipinski definition) is 2. The fourth-order valence-corrected chi connectivity index (χ4v) is 2.28. The molecular formula is C15H23BrN2O. The Morgan fingerprint density at radius 2 is 1.89 bits per heavy atom. The van der Waals surface area contributed by atoms with Crippen LogP contribution in [0.15, 0.2) is 28.7 Å². The molecule has 0 aliphatic heterocycles. The molecule has 2 N–H and O–H groups in total. The molecule has 106 valence electrons. The van der Waals surface area contributed by atoms with E-state index in [1.807, 2.05) is 26.1 Å². The number of halogens is 1. The summed E-state index contributed by atoms with van der Waals surface area (Å²) in [6.07, 6.45) is 0.818. The summed E-state index contributed by atoms with van der Waals surface area (Å²) in [6.45, 7) is 6.74. The third-order valence-electron chi connectivity index (χ3n) is 2.98. The normalized spacial score (nSPS) is 13.1. The van der Waals surface area contributed by atoms with Gasteiger partial charge in [-0.2, -0.15) is 0 Å². The highest BCUT2D eigenvalue weighted by Gasteiger charge is 2.23. The summed E-state index contributed by atoms with van der Waals surface area (Å²) in [5.41, 5.74) is 0.974. The lowest BCUT2D eigenvalue weighted by Crippen LogP contribution is -2.48. The molecule has 19 heavy (non-hydrogen) atoms. The van der Waals surface area contributed by atoms with Gasteiger partial charge in [-0.05, 0) is 45.0 Å². The Bertz CT molecular complexity index is 415. The number of carbonyl (C=O) groups is 1. The van der Waals surface area contributed by atoms with E-state index in [2.05, 4.69) is 52.5 Å². The fourth-order valence-electron chi connectivity index (χ4n) is 2.01. The smallest absolute Gasteiger partial charge is 0.224 e. The molecular weight excluding hydrogens is 304 g/mol. The van der Waals surface area contributed by atoms with Crippen molar-refractivity contribution in [3.05, 3.63) is 34.3 Å². The van der Waals surface area contributed by atoms with Crippen molar-refractivity contribution in [2.75, 3.05) is 13.6 Å².